The molecule has 0 spiro atoms. The van der Waals surface area contributed by atoms with Crippen LogP contribution in [0.4, 0.5) is 0 Å². The number of nitrogens with one attached hydrogen (secondary N) is 2. The fourth-order valence-corrected chi connectivity index (χ4v) is 3.03. The predicted octanol–water partition coefficient (Wildman–Crippen LogP) is 3.37. The summed E-state index contributed by atoms with van der Waals surface area (Å²) in [5, 5.41) is 15.7. The van der Waals surface area contributed by atoms with E-state index in [0.29, 0.717) is 18.7 Å². The molecule has 29 heavy (non-hydrogen) atoms. The number of carbonyl (C=O) groups is 1. The molecule has 0 radical (unpaired) electrons. The van der Waals surface area contributed by atoms with Crippen LogP contribution >= 0.6 is 0 Å². The molecule has 1 aromatic heterocycles. The third-order valence-corrected chi connectivity index (χ3v) is 4.53. The molecule has 3 N–H and O–H groups in total. The van der Waals surface area contributed by atoms with Crippen LogP contribution in [-0.2, 0) is 6.54 Å². The molecule has 0 aliphatic carbocycles. The van der Waals surface area contributed by atoms with E-state index >= 15 is 0 Å². The molecule has 0 bridgehead atoms. The summed E-state index contributed by atoms with van der Waals surface area (Å²) >= 11 is 0. The first kappa shape index (κ1) is 20.4. The third kappa shape index (κ3) is 5.80. The molecule has 150 valence electrons. The molecule has 0 aliphatic heterocycles. The second-order valence-electron chi connectivity index (χ2n) is 6.60. The minimum atomic E-state index is -0.187. The summed E-state index contributed by atoms with van der Waals surface area (Å²) in [7, 11) is 1.67. The fourth-order valence-electron chi connectivity index (χ4n) is 3.03. The molecule has 0 fully saturated rings. The van der Waals surface area contributed by atoms with E-state index in [2.05, 4.69) is 21.7 Å². The Morgan fingerprint density at radius 2 is 1.86 bits per heavy atom. The zero-order valence-corrected chi connectivity index (χ0v) is 16.4. The van der Waals surface area contributed by atoms with Gasteiger partial charge < -0.3 is 20.5 Å². The SMILES string of the molecule is COc1ccc(-c2ccncc2)cc1CNCCCNC(=O)c1cccc(O)c1. The van der Waals surface area contributed by atoms with Crippen molar-refractivity contribution < 1.29 is 14.6 Å². The monoisotopic (exact) mass is 391 g/mol. The summed E-state index contributed by atoms with van der Waals surface area (Å²) in [5.41, 5.74) is 3.75. The van der Waals surface area contributed by atoms with Gasteiger partial charge in [0.2, 0.25) is 0 Å². The van der Waals surface area contributed by atoms with Crippen molar-refractivity contribution in [2.75, 3.05) is 20.2 Å². The maximum atomic E-state index is 12.0. The Morgan fingerprint density at radius 3 is 2.62 bits per heavy atom. The van der Waals surface area contributed by atoms with Gasteiger partial charge >= 0.3 is 0 Å². The maximum Gasteiger partial charge on any atom is 0.251 e. The van der Waals surface area contributed by atoms with Crippen LogP contribution in [0.1, 0.15) is 22.3 Å². The predicted molar refractivity (Wildman–Crippen MR) is 113 cm³/mol. The molecule has 6 nitrogen and oxygen atoms in total. The Labute approximate surface area is 170 Å². The van der Waals surface area contributed by atoms with Crippen molar-refractivity contribution in [1.82, 2.24) is 15.6 Å². The number of phenolic OH excluding ortho intramolecular Hbond substituents is 1. The number of benzene rings is 2. The van der Waals surface area contributed by atoms with E-state index in [1.165, 1.54) is 6.07 Å². The number of hydrogen-bond donors (Lipinski definition) is 3. The number of aromatic hydroxyl groups is 1. The molecular weight excluding hydrogens is 366 g/mol. The van der Waals surface area contributed by atoms with Crippen molar-refractivity contribution in [2.24, 2.45) is 0 Å². The smallest absolute Gasteiger partial charge is 0.251 e. The second-order valence-corrected chi connectivity index (χ2v) is 6.60. The zero-order valence-electron chi connectivity index (χ0n) is 16.4. The van der Waals surface area contributed by atoms with Crippen molar-refractivity contribution in [3.8, 4) is 22.6 Å². The van der Waals surface area contributed by atoms with Crippen LogP contribution < -0.4 is 15.4 Å². The van der Waals surface area contributed by atoms with Gasteiger partial charge in [-0.25, -0.2) is 0 Å². The lowest BCUT2D eigenvalue weighted by atomic mass is 10.0. The first-order chi connectivity index (χ1) is 14.2. The fraction of sp³-hybridized carbons (Fsp3) is 0.217. The van der Waals surface area contributed by atoms with Gasteiger partial charge in [-0.3, -0.25) is 9.78 Å². The molecule has 0 aliphatic rings. The Hall–Kier alpha value is -3.38. The highest BCUT2D eigenvalue weighted by Crippen LogP contribution is 2.26. The van der Waals surface area contributed by atoms with Gasteiger partial charge in [0.05, 0.1) is 7.11 Å². The van der Waals surface area contributed by atoms with Crippen molar-refractivity contribution in [2.45, 2.75) is 13.0 Å². The number of nitrogens with zero attached hydrogens (tertiary/aromatic N) is 1. The zero-order chi connectivity index (χ0) is 20.5. The topological polar surface area (TPSA) is 83.5 Å². The van der Waals surface area contributed by atoms with Crippen LogP contribution in [0.3, 0.4) is 0 Å². The number of methoxy groups -OCH3 is 1. The van der Waals surface area contributed by atoms with E-state index in [0.717, 1.165) is 35.4 Å². The van der Waals surface area contributed by atoms with E-state index in [1.807, 2.05) is 24.3 Å². The lowest BCUT2D eigenvalue weighted by Gasteiger charge is -2.12. The normalized spacial score (nSPS) is 10.5. The molecule has 1 heterocycles. The van der Waals surface area contributed by atoms with Gasteiger partial charge in [0, 0.05) is 36.6 Å². The average Bonchev–Trinajstić information content (AvgIpc) is 2.76. The largest absolute Gasteiger partial charge is 0.508 e. The quantitative estimate of drug-likeness (QED) is 0.487. The molecule has 3 aromatic rings. The summed E-state index contributed by atoms with van der Waals surface area (Å²) in [5.74, 6) is 0.738. The maximum absolute atomic E-state index is 12.0. The molecule has 2 aromatic carbocycles. The van der Waals surface area contributed by atoms with E-state index in [-0.39, 0.29) is 11.7 Å². The highest BCUT2D eigenvalue weighted by Gasteiger charge is 2.07. The summed E-state index contributed by atoms with van der Waals surface area (Å²) < 4.78 is 5.47. The number of pyridine rings is 1. The molecule has 0 unspecified atom stereocenters. The Kier molecular flexibility index (Phi) is 7.19. The number of hydrogen-bond acceptors (Lipinski definition) is 5. The number of rotatable bonds is 9. The van der Waals surface area contributed by atoms with Gasteiger partial charge in [0.15, 0.2) is 0 Å². The summed E-state index contributed by atoms with van der Waals surface area (Å²) in [6, 6.07) is 16.4. The Bertz CT molecular complexity index is 945. The van der Waals surface area contributed by atoms with Crippen LogP contribution in [-0.4, -0.2) is 36.2 Å². The van der Waals surface area contributed by atoms with Crippen molar-refractivity contribution in [3.63, 3.8) is 0 Å². The van der Waals surface area contributed by atoms with Gasteiger partial charge in [-0.15, -0.1) is 0 Å². The van der Waals surface area contributed by atoms with Crippen molar-refractivity contribution in [3.05, 3.63) is 78.1 Å². The van der Waals surface area contributed by atoms with E-state index in [9.17, 15) is 9.90 Å². The highest BCUT2D eigenvalue weighted by molar-refractivity contribution is 5.94. The van der Waals surface area contributed by atoms with Gasteiger partial charge in [0.1, 0.15) is 11.5 Å². The van der Waals surface area contributed by atoms with Crippen LogP contribution in [0.5, 0.6) is 11.5 Å². The first-order valence-corrected chi connectivity index (χ1v) is 9.52. The van der Waals surface area contributed by atoms with Crippen LogP contribution in [0, 0.1) is 0 Å². The van der Waals surface area contributed by atoms with E-state index < -0.39 is 0 Å². The number of carbonyl (C=O) groups excluding carboxylic acids is 1. The molecule has 0 saturated heterocycles. The highest BCUT2D eigenvalue weighted by atomic mass is 16.5. The summed E-state index contributed by atoms with van der Waals surface area (Å²) in [6.07, 6.45) is 4.35. The van der Waals surface area contributed by atoms with Gasteiger partial charge in [-0.05, 0) is 66.6 Å². The molecular formula is C23H25N3O3. The van der Waals surface area contributed by atoms with Crippen LogP contribution in [0.15, 0.2) is 67.0 Å². The molecule has 6 heteroatoms. The van der Waals surface area contributed by atoms with Gasteiger partial charge in [-0.2, -0.15) is 0 Å². The van der Waals surface area contributed by atoms with Gasteiger partial charge in [0.25, 0.3) is 5.91 Å². The van der Waals surface area contributed by atoms with Crippen LogP contribution in [0.25, 0.3) is 11.1 Å². The third-order valence-electron chi connectivity index (χ3n) is 4.53. The average molecular weight is 391 g/mol. The molecule has 3 rings (SSSR count). The summed E-state index contributed by atoms with van der Waals surface area (Å²) in [6.45, 7) is 1.97. The van der Waals surface area contributed by atoms with Crippen molar-refractivity contribution in [1.29, 1.82) is 0 Å². The summed E-state index contributed by atoms with van der Waals surface area (Å²) in [4.78, 5) is 16.1. The van der Waals surface area contributed by atoms with E-state index in [4.69, 9.17) is 4.74 Å². The number of amides is 1. The van der Waals surface area contributed by atoms with E-state index in [1.54, 1.807) is 37.7 Å². The lowest BCUT2D eigenvalue weighted by molar-refractivity contribution is 0.0953. The molecule has 0 atom stereocenters. The minimum absolute atomic E-state index is 0.0854. The number of phenols is 1. The Balaban J connectivity index is 1.47. The van der Waals surface area contributed by atoms with Crippen LogP contribution in [0.2, 0.25) is 0 Å². The number of ether oxygens (including phenoxy) is 1. The lowest BCUT2D eigenvalue weighted by Crippen LogP contribution is -2.27. The van der Waals surface area contributed by atoms with Gasteiger partial charge in [-0.1, -0.05) is 12.1 Å². The first-order valence-electron chi connectivity index (χ1n) is 9.52. The van der Waals surface area contributed by atoms with Crippen molar-refractivity contribution >= 4 is 5.91 Å². The second kappa shape index (κ2) is 10.2. The Morgan fingerprint density at radius 1 is 1.03 bits per heavy atom. The molecule has 0 saturated carbocycles. The standard InChI is InChI=1S/C23H25N3O3/c1-29-22-7-6-18(17-8-12-24-13-9-17)14-20(22)16-25-10-3-11-26-23(28)19-4-2-5-21(27)15-19/h2,4-9,12-15,25,27H,3,10-11,16H2,1H3,(H,26,28). The molecule has 1 amide bonds. The minimum Gasteiger partial charge on any atom is -0.508 e. The number of aromatic nitrogens is 1.